The van der Waals surface area contributed by atoms with Crippen LogP contribution >= 0.6 is 15.9 Å². The summed E-state index contributed by atoms with van der Waals surface area (Å²) in [5.74, 6) is -0.197. The standard InChI is InChI=1S/C21H17BrN2O3/c1-27-19-12-11-17(13-18(19)22)21(26)24-23-20(25)16-9-7-15(8-10-16)14-5-3-2-4-6-14/h2-13H,1H3,(H,23,25)(H,24,26). The number of nitrogens with one attached hydrogen (secondary N) is 2. The van der Waals surface area contributed by atoms with Crippen LogP contribution in [0.3, 0.4) is 0 Å². The van der Waals surface area contributed by atoms with E-state index < -0.39 is 11.8 Å². The predicted molar refractivity (Wildman–Crippen MR) is 108 cm³/mol. The van der Waals surface area contributed by atoms with E-state index in [0.717, 1.165) is 11.1 Å². The Bertz CT molecular complexity index is 957. The van der Waals surface area contributed by atoms with Crippen LogP contribution < -0.4 is 15.6 Å². The summed E-state index contributed by atoms with van der Waals surface area (Å²) in [7, 11) is 1.54. The van der Waals surface area contributed by atoms with Gasteiger partial charge in [0.2, 0.25) is 0 Å². The molecule has 0 atom stereocenters. The predicted octanol–water partition coefficient (Wildman–Crippen LogP) is 4.20. The van der Waals surface area contributed by atoms with Gasteiger partial charge in [0.25, 0.3) is 11.8 Å². The number of amides is 2. The number of rotatable bonds is 4. The molecule has 2 N–H and O–H groups in total. The van der Waals surface area contributed by atoms with E-state index >= 15 is 0 Å². The number of methoxy groups -OCH3 is 1. The van der Waals surface area contributed by atoms with Crippen molar-refractivity contribution < 1.29 is 14.3 Å². The van der Waals surface area contributed by atoms with E-state index in [4.69, 9.17) is 4.74 Å². The summed E-state index contributed by atoms with van der Waals surface area (Å²) in [6.45, 7) is 0. The zero-order chi connectivity index (χ0) is 19.2. The Morgan fingerprint density at radius 1 is 0.778 bits per heavy atom. The molecular weight excluding hydrogens is 408 g/mol. The fourth-order valence-corrected chi connectivity index (χ4v) is 3.05. The highest BCUT2D eigenvalue weighted by Gasteiger charge is 2.11. The minimum atomic E-state index is -0.424. The highest BCUT2D eigenvalue weighted by atomic mass is 79.9. The van der Waals surface area contributed by atoms with Gasteiger partial charge in [-0.2, -0.15) is 0 Å². The Morgan fingerprint density at radius 3 is 1.93 bits per heavy atom. The fraction of sp³-hybridized carbons (Fsp3) is 0.0476. The van der Waals surface area contributed by atoms with E-state index in [0.29, 0.717) is 21.3 Å². The summed E-state index contributed by atoms with van der Waals surface area (Å²) in [5, 5.41) is 0. The fourth-order valence-electron chi connectivity index (χ4n) is 2.51. The lowest BCUT2D eigenvalue weighted by Crippen LogP contribution is -2.41. The van der Waals surface area contributed by atoms with E-state index in [1.807, 2.05) is 42.5 Å². The third-order valence-electron chi connectivity index (χ3n) is 3.96. The number of hydrogen-bond donors (Lipinski definition) is 2. The number of carbonyl (C=O) groups is 2. The number of hydrazine groups is 1. The van der Waals surface area contributed by atoms with Gasteiger partial charge in [0.1, 0.15) is 5.75 Å². The molecule has 136 valence electrons. The zero-order valence-corrected chi connectivity index (χ0v) is 16.1. The molecule has 0 fully saturated rings. The molecule has 0 bridgehead atoms. The monoisotopic (exact) mass is 424 g/mol. The van der Waals surface area contributed by atoms with Crippen LogP contribution in [-0.4, -0.2) is 18.9 Å². The number of hydrogen-bond acceptors (Lipinski definition) is 3. The molecule has 3 aromatic rings. The SMILES string of the molecule is COc1ccc(C(=O)NNC(=O)c2ccc(-c3ccccc3)cc2)cc1Br. The number of ether oxygens (including phenoxy) is 1. The molecular formula is C21H17BrN2O3. The summed E-state index contributed by atoms with van der Waals surface area (Å²) in [4.78, 5) is 24.4. The van der Waals surface area contributed by atoms with Crippen LogP contribution in [0.1, 0.15) is 20.7 Å². The first kappa shape index (κ1) is 18.7. The molecule has 0 saturated heterocycles. The van der Waals surface area contributed by atoms with Crippen LogP contribution in [0.5, 0.6) is 5.75 Å². The van der Waals surface area contributed by atoms with Gasteiger partial charge in [-0.3, -0.25) is 20.4 Å². The molecule has 0 spiro atoms. The molecule has 0 heterocycles. The third-order valence-corrected chi connectivity index (χ3v) is 4.58. The smallest absolute Gasteiger partial charge is 0.269 e. The number of benzene rings is 3. The van der Waals surface area contributed by atoms with Crippen molar-refractivity contribution in [1.29, 1.82) is 0 Å². The van der Waals surface area contributed by atoms with Gasteiger partial charge in [-0.1, -0.05) is 42.5 Å². The second-order valence-electron chi connectivity index (χ2n) is 5.70. The Kier molecular flexibility index (Phi) is 5.88. The quantitative estimate of drug-likeness (QED) is 0.616. The molecule has 5 nitrogen and oxygen atoms in total. The van der Waals surface area contributed by atoms with E-state index in [2.05, 4.69) is 26.8 Å². The lowest BCUT2D eigenvalue weighted by atomic mass is 10.0. The highest BCUT2D eigenvalue weighted by molar-refractivity contribution is 9.10. The first-order chi connectivity index (χ1) is 13.1. The second kappa shape index (κ2) is 8.51. The van der Waals surface area contributed by atoms with Gasteiger partial charge in [0, 0.05) is 11.1 Å². The molecule has 0 aliphatic heterocycles. The van der Waals surface area contributed by atoms with Crippen molar-refractivity contribution in [2.75, 3.05) is 7.11 Å². The molecule has 3 rings (SSSR count). The van der Waals surface area contributed by atoms with Crippen molar-refractivity contribution in [3.63, 3.8) is 0 Å². The molecule has 0 aromatic heterocycles. The van der Waals surface area contributed by atoms with Crippen molar-refractivity contribution in [3.8, 4) is 16.9 Å². The first-order valence-electron chi connectivity index (χ1n) is 8.18. The maximum atomic E-state index is 12.2. The van der Waals surface area contributed by atoms with Gasteiger partial charge in [0.05, 0.1) is 11.6 Å². The maximum Gasteiger partial charge on any atom is 0.269 e. The van der Waals surface area contributed by atoms with E-state index in [-0.39, 0.29) is 0 Å². The average Bonchev–Trinajstić information content (AvgIpc) is 2.72. The average molecular weight is 425 g/mol. The molecule has 0 aliphatic rings. The van der Waals surface area contributed by atoms with Gasteiger partial charge in [-0.05, 0) is 57.4 Å². The number of halogens is 1. The minimum absolute atomic E-state index is 0.391. The summed E-state index contributed by atoms with van der Waals surface area (Å²) in [6, 6.07) is 21.9. The van der Waals surface area contributed by atoms with Crippen LogP contribution in [0.15, 0.2) is 77.3 Å². The van der Waals surface area contributed by atoms with Gasteiger partial charge < -0.3 is 4.74 Å². The summed E-state index contributed by atoms with van der Waals surface area (Å²) < 4.78 is 5.78. The van der Waals surface area contributed by atoms with Crippen molar-refractivity contribution in [1.82, 2.24) is 10.9 Å². The lowest BCUT2D eigenvalue weighted by Gasteiger charge is -2.09. The van der Waals surface area contributed by atoms with Crippen LogP contribution in [-0.2, 0) is 0 Å². The van der Waals surface area contributed by atoms with Crippen LogP contribution in [0.4, 0.5) is 0 Å². The topological polar surface area (TPSA) is 67.4 Å². The zero-order valence-electron chi connectivity index (χ0n) is 14.5. The molecule has 0 aliphatic carbocycles. The summed E-state index contributed by atoms with van der Waals surface area (Å²) >= 11 is 3.33. The molecule has 0 unspecified atom stereocenters. The van der Waals surface area contributed by atoms with E-state index in [1.165, 1.54) is 0 Å². The number of carbonyl (C=O) groups excluding carboxylic acids is 2. The normalized spacial score (nSPS) is 10.1. The molecule has 0 saturated carbocycles. The van der Waals surface area contributed by atoms with Gasteiger partial charge >= 0.3 is 0 Å². The Hall–Kier alpha value is -3.12. The van der Waals surface area contributed by atoms with E-state index in [1.54, 1.807) is 37.4 Å². The molecule has 2 amide bonds. The highest BCUT2D eigenvalue weighted by Crippen LogP contribution is 2.25. The largest absolute Gasteiger partial charge is 0.496 e. The van der Waals surface area contributed by atoms with Crippen molar-refractivity contribution in [2.45, 2.75) is 0 Å². The van der Waals surface area contributed by atoms with E-state index in [9.17, 15) is 9.59 Å². The van der Waals surface area contributed by atoms with Crippen LogP contribution in [0.25, 0.3) is 11.1 Å². The van der Waals surface area contributed by atoms with Crippen molar-refractivity contribution in [2.24, 2.45) is 0 Å². The Morgan fingerprint density at radius 2 is 1.33 bits per heavy atom. The van der Waals surface area contributed by atoms with Crippen molar-refractivity contribution in [3.05, 3.63) is 88.4 Å². The van der Waals surface area contributed by atoms with Gasteiger partial charge in [-0.15, -0.1) is 0 Å². The van der Waals surface area contributed by atoms with Gasteiger partial charge in [-0.25, -0.2) is 0 Å². The minimum Gasteiger partial charge on any atom is -0.496 e. The maximum absolute atomic E-state index is 12.2. The molecule has 27 heavy (non-hydrogen) atoms. The Balaban J connectivity index is 1.62. The molecule has 6 heteroatoms. The first-order valence-corrected chi connectivity index (χ1v) is 8.97. The Labute approximate surface area is 165 Å². The third kappa shape index (κ3) is 4.54. The van der Waals surface area contributed by atoms with Crippen LogP contribution in [0.2, 0.25) is 0 Å². The molecule has 3 aromatic carbocycles. The summed E-state index contributed by atoms with van der Waals surface area (Å²) in [6.07, 6.45) is 0. The summed E-state index contributed by atoms with van der Waals surface area (Å²) in [5.41, 5.74) is 7.75. The lowest BCUT2D eigenvalue weighted by molar-refractivity contribution is 0.0846. The van der Waals surface area contributed by atoms with Gasteiger partial charge in [0.15, 0.2) is 0 Å². The van der Waals surface area contributed by atoms with Crippen molar-refractivity contribution >= 4 is 27.7 Å². The molecule has 0 radical (unpaired) electrons. The second-order valence-corrected chi connectivity index (χ2v) is 6.56. The van der Waals surface area contributed by atoms with Crippen LogP contribution in [0, 0.1) is 0 Å².